The molecule has 0 spiro atoms. The summed E-state index contributed by atoms with van der Waals surface area (Å²) in [5.74, 6) is -0.0879. The highest BCUT2D eigenvalue weighted by Crippen LogP contribution is 2.16. The van der Waals surface area contributed by atoms with Gasteiger partial charge < -0.3 is 19.2 Å². The maximum absolute atomic E-state index is 13.5. The van der Waals surface area contributed by atoms with Crippen molar-refractivity contribution in [2.45, 2.75) is 6.10 Å². The van der Waals surface area contributed by atoms with E-state index in [4.69, 9.17) is 9.15 Å². The van der Waals surface area contributed by atoms with Crippen molar-refractivity contribution in [3.05, 3.63) is 54.2 Å². The SMILES string of the molecule is O=C(c1ccco1)N1CCN(CC(O)COc2ccccc2F)CC1. The van der Waals surface area contributed by atoms with Crippen LogP contribution in [0.15, 0.2) is 47.1 Å². The Morgan fingerprint density at radius 2 is 1.96 bits per heavy atom. The number of ether oxygens (including phenoxy) is 1. The zero-order valence-corrected chi connectivity index (χ0v) is 13.8. The highest BCUT2D eigenvalue weighted by Gasteiger charge is 2.24. The van der Waals surface area contributed by atoms with Crippen LogP contribution in [0, 0.1) is 5.82 Å². The second kappa shape index (κ2) is 8.13. The van der Waals surface area contributed by atoms with Crippen LogP contribution in [-0.4, -0.2) is 66.2 Å². The van der Waals surface area contributed by atoms with Crippen LogP contribution in [0.25, 0.3) is 0 Å². The number of furan rings is 1. The van der Waals surface area contributed by atoms with Gasteiger partial charge in [-0.15, -0.1) is 0 Å². The van der Waals surface area contributed by atoms with Gasteiger partial charge in [0.05, 0.1) is 6.26 Å². The Kier molecular flexibility index (Phi) is 5.67. The molecule has 1 atom stereocenters. The summed E-state index contributed by atoms with van der Waals surface area (Å²) >= 11 is 0. The number of carbonyl (C=O) groups excluding carboxylic acids is 1. The van der Waals surface area contributed by atoms with Crippen molar-refractivity contribution in [2.24, 2.45) is 0 Å². The molecule has 134 valence electrons. The molecule has 25 heavy (non-hydrogen) atoms. The fourth-order valence-corrected chi connectivity index (χ4v) is 2.79. The van der Waals surface area contributed by atoms with Gasteiger partial charge in [0.1, 0.15) is 12.7 Å². The summed E-state index contributed by atoms with van der Waals surface area (Å²) in [6.45, 7) is 2.89. The molecule has 0 radical (unpaired) electrons. The van der Waals surface area contributed by atoms with Crippen LogP contribution in [0.2, 0.25) is 0 Å². The number of hydrogen-bond acceptors (Lipinski definition) is 5. The molecule has 6 nitrogen and oxygen atoms in total. The fraction of sp³-hybridized carbons (Fsp3) is 0.389. The molecule has 7 heteroatoms. The Morgan fingerprint density at radius 1 is 1.20 bits per heavy atom. The molecule has 1 amide bonds. The number of rotatable bonds is 6. The van der Waals surface area contributed by atoms with E-state index in [1.807, 2.05) is 0 Å². The van der Waals surface area contributed by atoms with Crippen LogP contribution in [-0.2, 0) is 0 Å². The van der Waals surface area contributed by atoms with E-state index in [-0.39, 0.29) is 18.3 Å². The summed E-state index contributed by atoms with van der Waals surface area (Å²) in [6.07, 6.45) is 0.752. The van der Waals surface area contributed by atoms with Crippen LogP contribution in [0.3, 0.4) is 0 Å². The summed E-state index contributed by atoms with van der Waals surface area (Å²) in [5, 5.41) is 10.1. The number of halogens is 1. The van der Waals surface area contributed by atoms with Crippen molar-refractivity contribution in [1.82, 2.24) is 9.80 Å². The number of amides is 1. The molecule has 1 aromatic heterocycles. The molecule has 0 bridgehead atoms. The van der Waals surface area contributed by atoms with E-state index in [0.717, 1.165) is 0 Å². The van der Waals surface area contributed by atoms with Gasteiger partial charge in [0, 0.05) is 32.7 Å². The standard InChI is InChI=1S/C18H21FN2O4/c19-15-4-1-2-5-16(15)25-13-14(22)12-20-7-9-21(10-8-20)18(23)17-6-3-11-24-17/h1-6,11,14,22H,7-10,12-13H2. The number of β-amino-alcohol motifs (C(OH)–C–C–N with tert-alkyl or cyclic N) is 1. The molecule has 0 saturated carbocycles. The molecule has 1 saturated heterocycles. The van der Waals surface area contributed by atoms with E-state index in [0.29, 0.717) is 38.5 Å². The van der Waals surface area contributed by atoms with Crippen molar-refractivity contribution >= 4 is 5.91 Å². The van der Waals surface area contributed by atoms with Gasteiger partial charge in [-0.2, -0.15) is 0 Å². The number of benzene rings is 1. The minimum absolute atomic E-state index is 0.0203. The number of piperazine rings is 1. The van der Waals surface area contributed by atoms with Gasteiger partial charge in [-0.1, -0.05) is 12.1 Å². The van der Waals surface area contributed by atoms with E-state index < -0.39 is 11.9 Å². The Labute approximate surface area is 145 Å². The Morgan fingerprint density at radius 3 is 2.64 bits per heavy atom. The lowest BCUT2D eigenvalue weighted by Gasteiger charge is -2.35. The van der Waals surface area contributed by atoms with Gasteiger partial charge in [-0.25, -0.2) is 4.39 Å². The van der Waals surface area contributed by atoms with Crippen molar-refractivity contribution < 1.29 is 23.4 Å². The summed E-state index contributed by atoms with van der Waals surface area (Å²) in [6, 6.07) is 9.45. The second-order valence-corrected chi connectivity index (χ2v) is 5.97. The number of aliphatic hydroxyl groups excluding tert-OH is 1. The molecule has 1 fully saturated rings. The third kappa shape index (κ3) is 4.58. The summed E-state index contributed by atoms with van der Waals surface area (Å²) in [5.41, 5.74) is 0. The first-order valence-electron chi connectivity index (χ1n) is 8.24. The lowest BCUT2D eigenvalue weighted by molar-refractivity contribution is 0.0384. The van der Waals surface area contributed by atoms with Gasteiger partial charge in [-0.05, 0) is 24.3 Å². The molecular formula is C18H21FN2O4. The first kappa shape index (κ1) is 17.4. The Bertz CT molecular complexity index is 684. The van der Waals surface area contributed by atoms with E-state index in [2.05, 4.69) is 4.90 Å². The summed E-state index contributed by atoms with van der Waals surface area (Å²) in [4.78, 5) is 16.0. The van der Waals surface area contributed by atoms with Crippen LogP contribution < -0.4 is 4.74 Å². The molecule has 1 aromatic carbocycles. The number of aliphatic hydroxyl groups is 1. The topological polar surface area (TPSA) is 66.2 Å². The zero-order chi connectivity index (χ0) is 17.6. The lowest BCUT2D eigenvalue weighted by atomic mass is 10.2. The van der Waals surface area contributed by atoms with E-state index in [1.165, 1.54) is 18.4 Å². The van der Waals surface area contributed by atoms with Crippen molar-refractivity contribution in [3.63, 3.8) is 0 Å². The molecule has 0 aliphatic carbocycles. The zero-order valence-electron chi connectivity index (χ0n) is 13.8. The Hall–Kier alpha value is -2.38. The minimum atomic E-state index is -0.730. The maximum Gasteiger partial charge on any atom is 0.289 e. The van der Waals surface area contributed by atoms with Crippen molar-refractivity contribution in [2.75, 3.05) is 39.3 Å². The van der Waals surface area contributed by atoms with Gasteiger partial charge in [-0.3, -0.25) is 9.69 Å². The van der Waals surface area contributed by atoms with Crippen LogP contribution in [0.5, 0.6) is 5.75 Å². The van der Waals surface area contributed by atoms with Crippen molar-refractivity contribution in [1.29, 1.82) is 0 Å². The Balaban J connectivity index is 1.41. The van der Waals surface area contributed by atoms with Gasteiger partial charge >= 0.3 is 0 Å². The third-order valence-electron chi connectivity index (χ3n) is 4.13. The monoisotopic (exact) mass is 348 g/mol. The van der Waals surface area contributed by atoms with E-state index in [1.54, 1.807) is 29.2 Å². The molecule has 2 heterocycles. The van der Waals surface area contributed by atoms with Crippen LogP contribution >= 0.6 is 0 Å². The molecule has 2 aromatic rings. The predicted molar refractivity (Wildman–Crippen MR) is 89.0 cm³/mol. The minimum Gasteiger partial charge on any atom is -0.488 e. The summed E-state index contributed by atoms with van der Waals surface area (Å²) < 4.78 is 23.9. The summed E-state index contributed by atoms with van der Waals surface area (Å²) in [7, 11) is 0. The highest BCUT2D eigenvalue weighted by atomic mass is 19.1. The second-order valence-electron chi connectivity index (χ2n) is 5.97. The van der Waals surface area contributed by atoms with Gasteiger partial charge in [0.15, 0.2) is 17.3 Å². The van der Waals surface area contributed by atoms with Crippen LogP contribution in [0.1, 0.15) is 10.6 Å². The first-order valence-corrected chi connectivity index (χ1v) is 8.24. The average molecular weight is 348 g/mol. The largest absolute Gasteiger partial charge is 0.488 e. The highest BCUT2D eigenvalue weighted by molar-refractivity contribution is 5.91. The normalized spacial score (nSPS) is 16.6. The average Bonchev–Trinajstić information content (AvgIpc) is 3.16. The van der Waals surface area contributed by atoms with Crippen molar-refractivity contribution in [3.8, 4) is 5.75 Å². The lowest BCUT2D eigenvalue weighted by Crippen LogP contribution is -2.50. The fourth-order valence-electron chi connectivity index (χ4n) is 2.79. The number of nitrogens with zero attached hydrogens (tertiary/aromatic N) is 2. The van der Waals surface area contributed by atoms with Gasteiger partial charge in [0.25, 0.3) is 5.91 Å². The van der Waals surface area contributed by atoms with E-state index in [9.17, 15) is 14.3 Å². The molecular weight excluding hydrogens is 327 g/mol. The molecule has 1 N–H and O–H groups in total. The van der Waals surface area contributed by atoms with E-state index >= 15 is 0 Å². The smallest absolute Gasteiger partial charge is 0.289 e. The first-order chi connectivity index (χ1) is 12.1. The van der Waals surface area contributed by atoms with Crippen LogP contribution in [0.4, 0.5) is 4.39 Å². The molecule has 3 rings (SSSR count). The molecule has 1 aliphatic rings. The molecule has 1 aliphatic heterocycles. The number of hydrogen-bond donors (Lipinski definition) is 1. The number of para-hydroxylation sites is 1. The predicted octanol–water partition coefficient (Wildman–Crippen LogP) is 1.62. The van der Waals surface area contributed by atoms with Gasteiger partial charge in [0.2, 0.25) is 0 Å². The maximum atomic E-state index is 13.5. The molecule has 1 unspecified atom stereocenters. The number of carbonyl (C=O) groups is 1. The third-order valence-corrected chi connectivity index (χ3v) is 4.13. The quantitative estimate of drug-likeness (QED) is 0.859.